The Morgan fingerprint density at radius 2 is 0.375 bits per heavy atom. The van der Waals surface area contributed by atoms with Gasteiger partial charge >= 0.3 is 0 Å². The summed E-state index contributed by atoms with van der Waals surface area (Å²) in [7, 11) is 0. The molecular weight excluding hydrogens is 634 g/mol. The first-order valence-electron chi connectivity index (χ1n) is 13.3. The summed E-state index contributed by atoms with van der Waals surface area (Å²) in [5.74, 6) is 5.68. The predicted octanol–water partition coefficient (Wildman–Crippen LogP) is 10.6. The molecule has 0 nitrogen and oxygen atoms in total. The molecule has 4 aliphatic carbocycles. The van der Waals surface area contributed by atoms with E-state index in [2.05, 4.69) is 186 Å². The van der Waals surface area contributed by atoms with Crippen molar-refractivity contribution in [2.45, 2.75) is 83.1 Å². The van der Waals surface area contributed by atoms with Gasteiger partial charge in [0.25, 0.3) is 0 Å². The van der Waals surface area contributed by atoms with Crippen LogP contribution in [0.25, 0.3) is 0 Å². The third kappa shape index (κ3) is 21.0. The molecule has 0 heterocycles. The molecule has 4 fully saturated rings. The zero-order chi connectivity index (χ0) is 27.6. The molecule has 0 unspecified atom stereocenters. The maximum absolute atomic E-state index is 2.22. The van der Waals surface area contributed by atoms with Gasteiger partial charge in [-0.3, -0.25) is 0 Å². The van der Waals surface area contributed by atoms with Crippen molar-refractivity contribution >= 4 is 0 Å². The zero-order valence-electron chi connectivity index (χ0n) is 28.4. The Morgan fingerprint density at radius 3 is 0.425 bits per heavy atom. The van der Waals surface area contributed by atoms with Crippen LogP contribution < -0.4 is 0 Å². The van der Waals surface area contributed by atoms with E-state index >= 15 is 0 Å². The Balaban J connectivity index is -0.000000209. The topological polar surface area (TPSA) is 0 Å². The van der Waals surface area contributed by atoms with Crippen LogP contribution in [0.1, 0.15) is 83.1 Å². The molecule has 22 radical (unpaired) electrons. The van der Waals surface area contributed by atoms with E-state index in [9.17, 15) is 0 Å². The van der Waals surface area contributed by atoms with Crippen LogP contribution in [0.5, 0.6) is 0 Å². The Bertz CT molecular complexity index is 438. The summed E-state index contributed by atoms with van der Waals surface area (Å²) in [5.41, 5.74) is 1.29. The van der Waals surface area contributed by atoms with E-state index in [0.717, 1.165) is 0 Å². The van der Waals surface area contributed by atoms with E-state index in [1.54, 1.807) is 0 Å². The fourth-order valence-electron chi connectivity index (χ4n) is 3.50. The molecule has 4 saturated carbocycles. The van der Waals surface area contributed by atoms with Gasteiger partial charge in [-0.2, -0.15) is 0 Å². The van der Waals surface area contributed by atoms with Gasteiger partial charge in [0.05, 0.1) is 0 Å². The average molecular weight is 693 g/mol. The first-order chi connectivity index (χ1) is 16.4. The van der Waals surface area contributed by atoms with Crippen LogP contribution >= 0.6 is 0 Å². The van der Waals surface area contributed by atoms with Crippen LogP contribution in [-0.4, -0.2) is 0 Å². The van der Waals surface area contributed by atoms with Crippen LogP contribution in [-0.2, 0) is 65.4 Å². The first kappa shape index (κ1) is 49.1. The first-order valence-corrected chi connectivity index (χ1v) is 13.3. The quantitative estimate of drug-likeness (QED) is 0.222. The molecule has 0 saturated heterocycles. The van der Waals surface area contributed by atoms with Crippen LogP contribution in [0.4, 0.5) is 0 Å². The summed E-state index contributed by atoms with van der Waals surface area (Å²) in [6.07, 6.45) is 34.0. The smallest absolute Gasteiger partial charge is 0 e. The van der Waals surface area contributed by atoms with Crippen molar-refractivity contribution in [2.75, 3.05) is 0 Å². The van der Waals surface area contributed by atoms with Gasteiger partial charge in [-0.15, -0.1) is 0 Å². The standard InChI is InChI=1S/4C9H13.2CH3.2Y/c4*1-9(2,3)8-6-4-5-7-8;;;;/h4*4-7H,1-3H3;2*1H3;;/q;;;;2*-1;;. The second-order valence-electron chi connectivity index (χ2n) is 13.7. The van der Waals surface area contributed by atoms with Crippen LogP contribution in [0.3, 0.4) is 0 Å². The van der Waals surface area contributed by atoms with Gasteiger partial charge in [0.2, 0.25) is 0 Å². The van der Waals surface area contributed by atoms with Crippen molar-refractivity contribution in [3.8, 4) is 0 Å². The normalized spacial score (nSPS) is 20.7. The molecule has 4 aliphatic rings. The molecule has 0 N–H and O–H groups in total. The van der Waals surface area contributed by atoms with Crippen LogP contribution in [0.2, 0.25) is 0 Å². The van der Waals surface area contributed by atoms with Crippen molar-refractivity contribution in [1.82, 2.24) is 0 Å². The molecule has 0 bridgehead atoms. The monoisotopic (exact) mass is 692 g/mol. The second kappa shape index (κ2) is 22.7. The summed E-state index contributed by atoms with van der Waals surface area (Å²) >= 11 is 0. The van der Waals surface area contributed by atoms with Crippen molar-refractivity contribution in [1.29, 1.82) is 0 Å². The van der Waals surface area contributed by atoms with Gasteiger partial charge in [0, 0.05) is 65.4 Å². The van der Waals surface area contributed by atoms with E-state index < -0.39 is 0 Å². The second-order valence-corrected chi connectivity index (χ2v) is 13.7. The average Bonchev–Trinajstić information content (AvgIpc) is 3.57. The molecule has 4 rings (SSSR count). The summed E-state index contributed by atoms with van der Waals surface area (Å²) in [6.45, 7) is 26.7. The molecule has 0 spiro atoms. The molecule has 218 valence electrons. The van der Waals surface area contributed by atoms with E-state index in [4.69, 9.17) is 0 Å². The molecule has 2 heteroatoms. The zero-order valence-corrected chi connectivity index (χ0v) is 34.1. The Morgan fingerprint density at radius 1 is 0.275 bits per heavy atom. The predicted molar refractivity (Wildman–Crippen MR) is 172 cm³/mol. The van der Waals surface area contributed by atoms with E-state index in [1.807, 2.05) is 0 Å². The minimum Gasteiger partial charge on any atom is -0.358 e. The van der Waals surface area contributed by atoms with Crippen molar-refractivity contribution in [3.63, 3.8) is 0 Å². The Labute approximate surface area is 308 Å². The van der Waals surface area contributed by atoms with E-state index in [-0.39, 0.29) is 80.3 Å². The minimum absolute atomic E-state index is 0. The fraction of sp³-hybridized carbons (Fsp3) is 0.421. The van der Waals surface area contributed by atoms with Crippen LogP contribution in [0.15, 0.2) is 0 Å². The fourth-order valence-corrected chi connectivity index (χ4v) is 3.50. The molecule has 0 aliphatic heterocycles. The molecular formula is C38H58Y2-2. The summed E-state index contributed by atoms with van der Waals surface area (Å²) < 4.78 is 0. The SMILES string of the molecule is CC(C)(C)[C]1[CH][CH][CH][CH]1.CC(C)(C)[C]1[CH][CH][CH][CH]1.CC(C)(C)[C]1[CH][CH][CH][CH]1.CC(C)(C)[C]1[CH][CH][CH][CH]1.[CH3-].[CH3-].[Y].[Y]. The van der Waals surface area contributed by atoms with Crippen LogP contribution in [0, 0.1) is 163 Å². The van der Waals surface area contributed by atoms with Crippen molar-refractivity contribution in [2.24, 2.45) is 21.7 Å². The van der Waals surface area contributed by atoms with Crippen molar-refractivity contribution < 1.29 is 65.4 Å². The van der Waals surface area contributed by atoms with E-state index in [0.29, 0.717) is 21.7 Å². The number of hydrogen-bond donors (Lipinski definition) is 0. The maximum Gasteiger partial charge on any atom is 0 e. The van der Waals surface area contributed by atoms with Gasteiger partial charge in [-0.05, 0) is 148 Å². The largest absolute Gasteiger partial charge is 0.358 e. The molecule has 0 atom stereocenters. The molecule has 0 aromatic carbocycles. The van der Waals surface area contributed by atoms with Crippen molar-refractivity contribution in [3.05, 3.63) is 141 Å². The molecule has 0 aromatic rings. The third-order valence-electron chi connectivity index (χ3n) is 6.11. The van der Waals surface area contributed by atoms with E-state index in [1.165, 1.54) is 23.7 Å². The van der Waals surface area contributed by atoms with Gasteiger partial charge in [-0.25, -0.2) is 0 Å². The maximum atomic E-state index is 2.22. The molecule has 40 heavy (non-hydrogen) atoms. The number of rotatable bonds is 0. The Hall–Kier alpha value is 2.21. The number of hydrogen-bond acceptors (Lipinski definition) is 0. The molecule has 0 aromatic heterocycles. The summed E-state index contributed by atoms with van der Waals surface area (Å²) in [6, 6.07) is 0. The molecule has 0 amide bonds. The van der Waals surface area contributed by atoms with Gasteiger partial charge < -0.3 is 14.9 Å². The third-order valence-corrected chi connectivity index (χ3v) is 6.11. The van der Waals surface area contributed by atoms with Gasteiger partial charge in [0.15, 0.2) is 0 Å². The minimum atomic E-state index is 0. The summed E-state index contributed by atoms with van der Waals surface area (Å²) in [5, 5.41) is 0. The van der Waals surface area contributed by atoms with Gasteiger partial charge in [-0.1, -0.05) is 83.1 Å². The Kier molecular flexibility index (Phi) is 27.8. The summed E-state index contributed by atoms with van der Waals surface area (Å²) in [4.78, 5) is 0. The van der Waals surface area contributed by atoms with Gasteiger partial charge in [0.1, 0.15) is 0 Å².